The molecule has 1 saturated heterocycles. The van der Waals surface area contributed by atoms with Gasteiger partial charge in [-0.2, -0.15) is 4.72 Å². The molecule has 0 bridgehead atoms. The number of amides is 1. The number of halogens is 1. The first-order valence-corrected chi connectivity index (χ1v) is 10.2. The number of ether oxygens (including phenoxy) is 1. The molecule has 0 aromatic heterocycles. The van der Waals surface area contributed by atoms with Crippen molar-refractivity contribution < 1.29 is 22.7 Å². The Bertz CT molecular complexity index is 943. The maximum absolute atomic E-state index is 12.3. The molecule has 2 N–H and O–H groups in total. The van der Waals surface area contributed by atoms with Gasteiger partial charge in [0.1, 0.15) is 6.04 Å². The molecule has 0 spiro atoms. The summed E-state index contributed by atoms with van der Waals surface area (Å²) in [7, 11) is -3.86. The molecule has 0 radical (unpaired) electrons. The number of nitrogens with one attached hydrogen (secondary N) is 2. The molecular weight excluding hydrogens is 392 g/mol. The fourth-order valence-electron chi connectivity index (χ4n) is 2.52. The van der Waals surface area contributed by atoms with Gasteiger partial charge in [0, 0.05) is 23.6 Å². The van der Waals surface area contributed by atoms with Crippen LogP contribution in [0.3, 0.4) is 0 Å². The highest BCUT2D eigenvalue weighted by atomic mass is 35.5. The van der Waals surface area contributed by atoms with E-state index in [-0.39, 0.29) is 17.4 Å². The van der Waals surface area contributed by atoms with Gasteiger partial charge in [-0.1, -0.05) is 12.1 Å². The van der Waals surface area contributed by atoms with Crippen LogP contribution in [-0.2, 0) is 25.4 Å². The number of cyclic esters (lactones) is 1. The third-order valence-electron chi connectivity index (χ3n) is 4.03. The van der Waals surface area contributed by atoms with Crippen molar-refractivity contribution >= 4 is 39.2 Å². The van der Waals surface area contributed by atoms with Crippen molar-refractivity contribution in [2.45, 2.75) is 23.2 Å². The quantitative estimate of drug-likeness (QED) is 0.564. The Morgan fingerprint density at radius 1 is 1.11 bits per heavy atom. The molecule has 3 rings (SSSR count). The van der Waals surface area contributed by atoms with E-state index in [2.05, 4.69) is 10.0 Å². The second kappa shape index (κ2) is 8.08. The van der Waals surface area contributed by atoms with E-state index in [1.807, 2.05) is 0 Å². The Kier molecular flexibility index (Phi) is 5.79. The number of esters is 1. The predicted molar refractivity (Wildman–Crippen MR) is 100 cm³/mol. The van der Waals surface area contributed by atoms with Gasteiger partial charge in [0.25, 0.3) is 5.91 Å². The molecule has 9 heteroatoms. The topological polar surface area (TPSA) is 102 Å². The van der Waals surface area contributed by atoms with Crippen molar-refractivity contribution in [1.29, 1.82) is 0 Å². The lowest BCUT2D eigenvalue weighted by atomic mass is 10.1. The number of carbonyl (C=O) groups excluding carboxylic acids is 2. The lowest BCUT2D eigenvalue weighted by Gasteiger charge is -2.11. The number of alkyl halides is 1. The van der Waals surface area contributed by atoms with Crippen LogP contribution in [-0.4, -0.2) is 32.9 Å². The molecule has 1 heterocycles. The summed E-state index contributed by atoms with van der Waals surface area (Å²) in [5, 5.41) is 2.69. The summed E-state index contributed by atoms with van der Waals surface area (Å²) in [5.41, 5.74) is 1.81. The Morgan fingerprint density at radius 2 is 1.78 bits per heavy atom. The average molecular weight is 409 g/mol. The van der Waals surface area contributed by atoms with Crippen LogP contribution >= 0.6 is 11.6 Å². The Morgan fingerprint density at radius 3 is 2.33 bits per heavy atom. The number of hydrogen-bond acceptors (Lipinski definition) is 5. The number of sulfonamides is 1. The van der Waals surface area contributed by atoms with E-state index in [9.17, 15) is 18.0 Å². The van der Waals surface area contributed by atoms with Gasteiger partial charge in [0.15, 0.2) is 0 Å². The zero-order chi connectivity index (χ0) is 19.4. The number of anilines is 1. The molecule has 1 amide bonds. The standard InChI is InChI=1S/C18H17ClN2O5S/c19-11-12-1-3-13(4-2-12)17(22)20-14-5-7-15(8-6-14)27(24,25)21-16-9-10-26-18(16)23/h1-8,16,21H,9-11H2,(H,20,22)/t16-/m0/s1. The van der Waals surface area contributed by atoms with Crippen molar-refractivity contribution in [2.75, 3.05) is 11.9 Å². The molecule has 2 aromatic carbocycles. The normalized spacial score (nSPS) is 16.8. The molecule has 142 valence electrons. The second-order valence-corrected chi connectivity index (χ2v) is 7.92. The highest BCUT2D eigenvalue weighted by molar-refractivity contribution is 7.89. The lowest BCUT2D eigenvalue weighted by molar-refractivity contribution is -0.139. The van der Waals surface area contributed by atoms with Crippen LogP contribution in [0.2, 0.25) is 0 Å². The monoisotopic (exact) mass is 408 g/mol. The molecule has 1 atom stereocenters. The zero-order valence-electron chi connectivity index (χ0n) is 14.1. The van der Waals surface area contributed by atoms with E-state index in [1.54, 1.807) is 24.3 Å². The summed E-state index contributed by atoms with van der Waals surface area (Å²) in [4.78, 5) is 23.7. The summed E-state index contributed by atoms with van der Waals surface area (Å²) in [6.07, 6.45) is 0.300. The molecule has 0 aliphatic carbocycles. The number of benzene rings is 2. The molecule has 0 unspecified atom stereocenters. The SMILES string of the molecule is O=C(Nc1ccc(S(=O)(=O)N[C@H]2CCOC2=O)cc1)c1ccc(CCl)cc1. The molecule has 2 aromatic rings. The number of hydrogen-bond donors (Lipinski definition) is 2. The summed E-state index contributed by atoms with van der Waals surface area (Å²) in [6.45, 7) is 0.197. The van der Waals surface area contributed by atoms with Crippen LogP contribution in [0.25, 0.3) is 0 Å². The molecule has 1 aliphatic heterocycles. The first-order valence-electron chi connectivity index (χ1n) is 8.14. The smallest absolute Gasteiger partial charge is 0.324 e. The molecule has 1 fully saturated rings. The van der Waals surface area contributed by atoms with Gasteiger partial charge in [-0.25, -0.2) is 8.42 Å². The first-order chi connectivity index (χ1) is 12.9. The van der Waals surface area contributed by atoms with Crippen molar-refractivity contribution in [1.82, 2.24) is 4.72 Å². The Balaban J connectivity index is 1.67. The van der Waals surface area contributed by atoms with Gasteiger partial charge in [0.2, 0.25) is 10.0 Å². The molecule has 0 saturated carbocycles. The van der Waals surface area contributed by atoms with Crippen LogP contribution < -0.4 is 10.0 Å². The van der Waals surface area contributed by atoms with Crippen molar-refractivity contribution in [3.8, 4) is 0 Å². The minimum Gasteiger partial charge on any atom is -0.464 e. The van der Waals surface area contributed by atoms with Gasteiger partial charge >= 0.3 is 5.97 Å². The van der Waals surface area contributed by atoms with E-state index >= 15 is 0 Å². The summed E-state index contributed by atoms with van der Waals surface area (Å²) in [5.74, 6) is -0.536. The second-order valence-electron chi connectivity index (χ2n) is 5.94. The minimum atomic E-state index is -3.86. The van der Waals surface area contributed by atoms with Crippen molar-refractivity contribution in [3.63, 3.8) is 0 Å². The maximum atomic E-state index is 12.3. The number of carbonyl (C=O) groups is 2. The summed E-state index contributed by atoms with van der Waals surface area (Å²) < 4.78 is 31.7. The van der Waals surface area contributed by atoms with Gasteiger partial charge in [-0.15, -0.1) is 11.6 Å². The number of rotatable bonds is 6. The first kappa shape index (κ1) is 19.3. The van der Waals surface area contributed by atoms with Gasteiger partial charge in [0.05, 0.1) is 11.5 Å². The molecule has 27 heavy (non-hydrogen) atoms. The van der Waals surface area contributed by atoms with E-state index in [1.165, 1.54) is 24.3 Å². The third kappa shape index (κ3) is 4.65. The highest BCUT2D eigenvalue weighted by Crippen LogP contribution is 2.17. The van der Waals surface area contributed by atoms with Crippen LogP contribution in [0.5, 0.6) is 0 Å². The van der Waals surface area contributed by atoms with Gasteiger partial charge in [-0.05, 0) is 42.0 Å². The van der Waals surface area contributed by atoms with Crippen LogP contribution in [0, 0.1) is 0 Å². The molecule has 1 aliphatic rings. The van der Waals surface area contributed by atoms with Crippen LogP contribution in [0.15, 0.2) is 53.4 Å². The fraction of sp³-hybridized carbons (Fsp3) is 0.222. The lowest BCUT2D eigenvalue weighted by Crippen LogP contribution is -2.37. The van der Waals surface area contributed by atoms with Crippen molar-refractivity contribution in [3.05, 3.63) is 59.7 Å². The Labute approximate surface area is 161 Å². The van der Waals surface area contributed by atoms with Crippen molar-refractivity contribution in [2.24, 2.45) is 0 Å². The van der Waals surface area contributed by atoms with E-state index in [0.717, 1.165) is 5.56 Å². The van der Waals surface area contributed by atoms with Crippen LogP contribution in [0.1, 0.15) is 22.3 Å². The maximum Gasteiger partial charge on any atom is 0.324 e. The van der Waals surface area contributed by atoms with Gasteiger partial charge < -0.3 is 10.1 Å². The summed E-state index contributed by atoms with van der Waals surface area (Å²) in [6, 6.07) is 11.6. The van der Waals surface area contributed by atoms with E-state index in [4.69, 9.17) is 16.3 Å². The van der Waals surface area contributed by atoms with E-state index in [0.29, 0.717) is 23.6 Å². The fourth-order valence-corrected chi connectivity index (χ4v) is 3.92. The molecular formula is C18H17ClN2O5S. The largest absolute Gasteiger partial charge is 0.464 e. The van der Waals surface area contributed by atoms with Gasteiger partial charge in [-0.3, -0.25) is 9.59 Å². The highest BCUT2D eigenvalue weighted by Gasteiger charge is 2.31. The minimum absolute atomic E-state index is 0.00772. The predicted octanol–water partition coefficient (Wildman–Crippen LogP) is 2.27. The Hall–Kier alpha value is -2.42. The third-order valence-corrected chi connectivity index (χ3v) is 5.82. The molecule has 7 nitrogen and oxygen atoms in total. The van der Waals surface area contributed by atoms with E-state index < -0.39 is 22.0 Å². The summed E-state index contributed by atoms with van der Waals surface area (Å²) >= 11 is 5.72. The average Bonchev–Trinajstić information content (AvgIpc) is 3.06. The van der Waals surface area contributed by atoms with Crippen LogP contribution in [0.4, 0.5) is 5.69 Å². The zero-order valence-corrected chi connectivity index (χ0v) is 15.7.